The Morgan fingerprint density at radius 2 is 1.32 bits per heavy atom. The van der Waals surface area contributed by atoms with E-state index >= 15 is 0 Å². The van der Waals surface area contributed by atoms with Crippen LogP contribution in [0.15, 0.2) is 39.9 Å². The first kappa shape index (κ1) is 20.0. The van der Waals surface area contributed by atoms with Crippen molar-refractivity contribution in [2.45, 2.75) is 20.0 Å². The van der Waals surface area contributed by atoms with Crippen LogP contribution in [0.5, 0.6) is 0 Å². The van der Waals surface area contributed by atoms with Crippen molar-refractivity contribution in [1.29, 1.82) is 0 Å². The molecule has 31 heavy (non-hydrogen) atoms. The fourth-order valence-electron chi connectivity index (χ4n) is 4.22. The average Bonchev–Trinajstić information content (AvgIpc) is 3.50. The first-order valence-corrected chi connectivity index (χ1v) is 10.8. The van der Waals surface area contributed by atoms with E-state index in [-0.39, 0.29) is 0 Å². The number of rotatable bonds is 6. The first-order chi connectivity index (χ1) is 15.2. The van der Waals surface area contributed by atoms with E-state index in [1.54, 1.807) is 12.5 Å². The van der Waals surface area contributed by atoms with E-state index < -0.39 is 0 Å². The van der Waals surface area contributed by atoms with E-state index in [0.29, 0.717) is 0 Å². The van der Waals surface area contributed by atoms with Gasteiger partial charge >= 0.3 is 0 Å². The molecule has 5 heterocycles. The third kappa shape index (κ3) is 4.70. The summed E-state index contributed by atoms with van der Waals surface area (Å²) in [6.07, 6.45) is 5.22. The Kier molecular flexibility index (Phi) is 5.81. The van der Waals surface area contributed by atoms with Gasteiger partial charge < -0.3 is 18.8 Å². The second kappa shape index (κ2) is 9.03. The zero-order valence-corrected chi connectivity index (χ0v) is 17.9. The molecule has 10 heteroatoms. The molecule has 0 saturated carbocycles. The van der Waals surface area contributed by atoms with Crippen molar-refractivity contribution in [1.82, 2.24) is 30.1 Å². The molecule has 0 amide bonds. The highest BCUT2D eigenvalue weighted by atomic mass is 16.5. The Morgan fingerprint density at radius 3 is 1.84 bits per heavy atom. The maximum atomic E-state index is 4.97. The number of anilines is 2. The SMILES string of the molecule is Cc1cnc(N2CCN(Cc3ccon3)CC2)nc1N1CCN(Cc2ccon2)CC1. The molecule has 0 unspecified atom stereocenters. The molecule has 2 aliphatic rings. The first-order valence-electron chi connectivity index (χ1n) is 10.8. The van der Waals surface area contributed by atoms with Gasteiger partial charge in [-0.1, -0.05) is 10.3 Å². The Bertz CT molecular complexity index is 946. The highest BCUT2D eigenvalue weighted by Crippen LogP contribution is 2.22. The molecule has 2 fully saturated rings. The zero-order chi connectivity index (χ0) is 21.0. The Labute approximate surface area is 181 Å². The molecule has 2 saturated heterocycles. The highest BCUT2D eigenvalue weighted by Gasteiger charge is 2.24. The van der Waals surface area contributed by atoms with E-state index in [1.165, 1.54) is 0 Å². The molecule has 0 spiro atoms. The fraction of sp³-hybridized carbons (Fsp3) is 0.524. The number of hydrogen-bond acceptors (Lipinski definition) is 10. The van der Waals surface area contributed by atoms with Gasteiger partial charge in [-0.05, 0) is 6.92 Å². The molecular formula is C21H28N8O2. The van der Waals surface area contributed by atoms with E-state index in [4.69, 9.17) is 14.0 Å². The van der Waals surface area contributed by atoms with Crippen LogP contribution in [0.3, 0.4) is 0 Å². The minimum atomic E-state index is 0.822. The van der Waals surface area contributed by atoms with Crippen LogP contribution in [-0.4, -0.2) is 82.4 Å². The van der Waals surface area contributed by atoms with Crippen LogP contribution in [-0.2, 0) is 13.1 Å². The summed E-state index contributed by atoms with van der Waals surface area (Å²) in [5.41, 5.74) is 3.08. The summed E-state index contributed by atoms with van der Waals surface area (Å²) in [7, 11) is 0. The second-order valence-corrected chi connectivity index (χ2v) is 8.18. The summed E-state index contributed by atoms with van der Waals surface area (Å²) in [5, 5.41) is 8.04. The van der Waals surface area contributed by atoms with Crippen LogP contribution in [0.2, 0.25) is 0 Å². The van der Waals surface area contributed by atoms with Gasteiger partial charge in [-0.3, -0.25) is 9.80 Å². The van der Waals surface area contributed by atoms with Crippen molar-refractivity contribution >= 4 is 11.8 Å². The van der Waals surface area contributed by atoms with Gasteiger partial charge in [0.25, 0.3) is 0 Å². The van der Waals surface area contributed by atoms with Gasteiger partial charge in [0.2, 0.25) is 5.95 Å². The summed E-state index contributed by atoms with van der Waals surface area (Å²) < 4.78 is 9.89. The third-order valence-electron chi connectivity index (χ3n) is 6.01. The van der Waals surface area contributed by atoms with Crippen molar-refractivity contribution in [3.63, 3.8) is 0 Å². The lowest BCUT2D eigenvalue weighted by Crippen LogP contribution is -2.48. The van der Waals surface area contributed by atoms with Crippen LogP contribution in [0.25, 0.3) is 0 Å². The predicted molar refractivity (Wildman–Crippen MR) is 115 cm³/mol. The maximum absolute atomic E-state index is 4.97. The summed E-state index contributed by atoms with van der Waals surface area (Å²) in [5.74, 6) is 1.88. The van der Waals surface area contributed by atoms with Crippen LogP contribution >= 0.6 is 0 Å². The van der Waals surface area contributed by atoms with Gasteiger partial charge in [-0.2, -0.15) is 4.98 Å². The smallest absolute Gasteiger partial charge is 0.227 e. The van der Waals surface area contributed by atoms with Crippen molar-refractivity contribution in [3.8, 4) is 0 Å². The van der Waals surface area contributed by atoms with Crippen molar-refractivity contribution in [3.05, 3.63) is 47.8 Å². The van der Waals surface area contributed by atoms with Gasteiger partial charge in [0.05, 0.1) is 11.4 Å². The molecule has 10 nitrogen and oxygen atoms in total. The number of aryl methyl sites for hydroxylation is 1. The summed E-state index contributed by atoms with van der Waals surface area (Å²) in [4.78, 5) is 19.1. The van der Waals surface area contributed by atoms with E-state index in [2.05, 4.69) is 41.8 Å². The molecule has 0 atom stereocenters. The molecule has 0 aliphatic carbocycles. The summed E-state index contributed by atoms with van der Waals surface area (Å²) in [6, 6.07) is 3.85. The van der Waals surface area contributed by atoms with Crippen LogP contribution in [0, 0.1) is 6.92 Å². The van der Waals surface area contributed by atoms with E-state index in [0.717, 1.165) is 94.2 Å². The molecule has 3 aromatic rings. The Hall–Kier alpha value is -2.98. The molecule has 3 aromatic heterocycles. The lowest BCUT2D eigenvalue weighted by molar-refractivity contribution is 0.240. The van der Waals surface area contributed by atoms with Crippen molar-refractivity contribution in [2.75, 3.05) is 62.2 Å². The third-order valence-corrected chi connectivity index (χ3v) is 6.01. The quantitative estimate of drug-likeness (QED) is 0.578. The normalized spacial score (nSPS) is 18.6. The maximum Gasteiger partial charge on any atom is 0.227 e. The number of aromatic nitrogens is 4. The Morgan fingerprint density at radius 1 is 0.774 bits per heavy atom. The highest BCUT2D eigenvalue weighted by molar-refractivity contribution is 5.50. The molecular weight excluding hydrogens is 396 g/mol. The standard InChI is InChI=1S/C21H28N8O2/c1-17-14-22-21(29-10-6-27(7-11-29)16-19-3-13-31-25-19)23-20(17)28-8-4-26(5-9-28)15-18-2-12-30-24-18/h2-3,12-14H,4-11,15-16H2,1H3. The molecule has 0 radical (unpaired) electrons. The number of piperazine rings is 2. The predicted octanol–water partition coefficient (Wildman–Crippen LogP) is 1.41. The monoisotopic (exact) mass is 424 g/mol. The molecule has 164 valence electrons. The molecule has 0 aromatic carbocycles. The molecule has 0 bridgehead atoms. The number of hydrogen-bond donors (Lipinski definition) is 0. The lowest BCUT2D eigenvalue weighted by Gasteiger charge is -2.37. The summed E-state index contributed by atoms with van der Waals surface area (Å²) >= 11 is 0. The largest absolute Gasteiger partial charge is 0.364 e. The minimum absolute atomic E-state index is 0.822. The van der Waals surface area contributed by atoms with E-state index in [9.17, 15) is 0 Å². The second-order valence-electron chi connectivity index (χ2n) is 8.18. The molecule has 5 rings (SSSR count). The minimum Gasteiger partial charge on any atom is -0.364 e. The molecule has 2 aliphatic heterocycles. The average molecular weight is 425 g/mol. The van der Waals surface area contributed by atoms with Gasteiger partial charge in [0.1, 0.15) is 18.3 Å². The Balaban J connectivity index is 1.18. The van der Waals surface area contributed by atoms with Crippen LogP contribution in [0.1, 0.15) is 17.0 Å². The zero-order valence-electron chi connectivity index (χ0n) is 17.9. The van der Waals surface area contributed by atoms with Gasteiger partial charge in [-0.25, -0.2) is 4.98 Å². The van der Waals surface area contributed by atoms with Crippen molar-refractivity contribution in [2.24, 2.45) is 0 Å². The van der Waals surface area contributed by atoms with Gasteiger partial charge in [0, 0.05) is 89.3 Å². The fourth-order valence-corrected chi connectivity index (χ4v) is 4.22. The van der Waals surface area contributed by atoms with Crippen molar-refractivity contribution < 1.29 is 9.05 Å². The summed E-state index contributed by atoms with van der Waals surface area (Å²) in [6.45, 7) is 11.3. The number of nitrogens with zero attached hydrogens (tertiary/aromatic N) is 8. The van der Waals surface area contributed by atoms with Crippen LogP contribution < -0.4 is 9.80 Å². The van der Waals surface area contributed by atoms with Gasteiger partial charge in [-0.15, -0.1) is 0 Å². The lowest BCUT2D eigenvalue weighted by atomic mass is 10.2. The molecule has 0 N–H and O–H groups in total. The van der Waals surface area contributed by atoms with Crippen LogP contribution in [0.4, 0.5) is 11.8 Å². The topological polar surface area (TPSA) is 90.8 Å². The van der Waals surface area contributed by atoms with Gasteiger partial charge in [0.15, 0.2) is 0 Å². The van der Waals surface area contributed by atoms with E-state index in [1.807, 2.05) is 18.3 Å².